The Morgan fingerprint density at radius 3 is 2.62 bits per heavy atom. The fourth-order valence-electron chi connectivity index (χ4n) is 4.49. The summed E-state index contributed by atoms with van der Waals surface area (Å²) in [6, 6.07) is 7.33. The van der Waals surface area contributed by atoms with Gasteiger partial charge in [0, 0.05) is 43.9 Å². The average molecular weight is 441 g/mol. The van der Waals surface area contributed by atoms with Crippen LogP contribution < -0.4 is 20.7 Å². The molecule has 2 amide bonds. The number of benzene rings is 2. The molecule has 170 valence electrons. The summed E-state index contributed by atoms with van der Waals surface area (Å²) < 4.78 is 20.8. The van der Waals surface area contributed by atoms with Gasteiger partial charge in [-0.15, -0.1) is 0 Å². The lowest BCUT2D eigenvalue weighted by Crippen LogP contribution is -2.46. The first-order valence-electron chi connectivity index (χ1n) is 11.0. The smallest absolute Gasteiger partial charge is 0.265 e. The van der Waals surface area contributed by atoms with E-state index in [1.165, 1.54) is 0 Å². The van der Waals surface area contributed by atoms with Crippen molar-refractivity contribution in [2.45, 2.75) is 39.8 Å². The minimum absolute atomic E-state index is 0.140. The largest absolute Gasteiger partial charge is 0.478 e. The van der Waals surface area contributed by atoms with E-state index in [-0.39, 0.29) is 17.3 Å². The Kier molecular flexibility index (Phi) is 6.06. The van der Waals surface area contributed by atoms with Gasteiger partial charge in [-0.1, -0.05) is 13.0 Å². The second kappa shape index (κ2) is 8.78. The van der Waals surface area contributed by atoms with Crippen LogP contribution >= 0.6 is 0 Å². The first-order valence-corrected chi connectivity index (χ1v) is 11.0. The van der Waals surface area contributed by atoms with Crippen molar-refractivity contribution in [1.82, 2.24) is 4.90 Å². The molecule has 0 aromatic heterocycles. The van der Waals surface area contributed by atoms with E-state index in [2.05, 4.69) is 16.3 Å². The summed E-state index contributed by atoms with van der Waals surface area (Å²) >= 11 is 0. The molecule has 2 aromatic rings. The molecule has 32 heavy (non-hydrogen) atoms. The first-order chi connectivity index (χ1) is 15.3. The highest BCUT2D eigenvalue weighted by atomic mass is 19.1. The van der Waals surface area contributed by atoms with Crippen LogP contribution in [0, 0.1) is 12.7 Å². The molecule has 1 fully saturated rings. The molecule has 8 heteroatoms. The lowest BCUT2D eigenvalue weighted by molar-refractivity contribution is -0.122. The Bertz CT molecular complexity index is 1060. The maximum Gasteiger partial charge on any atom is 0.265 e. The number of carbonyl (C=O) groups excluding carboxylic acids is 2. The van der Waals surface area contributed by atoms with Crippen LogP contribution in [0.5, 0.6) is 5.75 Å². The predicted molar refractivity (Wildman–Crippen MR) is 122 cm³/mol. The highest BCUT2D eigenvalue weighted by Gasteiger charge is 2.27. The van der Waals surface area contributed by atoms with Crippen molar-refractivity contribution in [3.05, 3.63) is 52.3 Å². The Balaban J connectivity index is 1.44. The molecule has 2 aliphatic rings. The van der Waals surface area contributed by atoms with Gasteiger partial charge >= 0.3 is 0 Å². The van der Waals surface area contributed by atoms with E-state index >= 15 is 4.39 Å². The molecule has 1 atom stereocenters. The van der Waals surface area contributed by atoms with Crippen molar-refractivity contribution < 1.29 is 18.7 Å². The lowest BCUT2D eigenvalue weighted by Gasteiger charge is -2.37. The number of ether oxygens (including phenoxy) is 1. The van der Waals surface area contributed by atoms with Crippen molar-refractivity contribution in [3.63, 3.8) is 0 Å². The number of hydrogen-bond donors (Lipinski definition) is 2. The summed E-state index contributed by atoms with van der Waals surface area (Å²) in [4.78, 5) is 27.9. The maximum atomic E-state index is 15.1. The van der Waals surface area contributed by atoms with E-state index in [1.807, 2.05) is 24.8 Å². The number of carbonyl (C=O) groups is 2. The number of primary amides is 1. The van der Waals surface area contributed by atoms with Crippen LogP contribution in [0.25, 0.3) is 0 Å². The van der Waals surface area contributed by atoms with Gasteiger partial charge in [0.2, 0.25) is 5.91 Å². The molecule has 2 heterocycles. The van der Waals surface area contributed by atoms with E-state index in [0.29, 0.717) is 36.4 Å². The molecule has 0 saturated carbocycles. The topological polar surface area (TPSA) is 87.9 Å². The first kappa shape index (κ1) is 22.1. The maximum absolute atomic E-state index is 15.1. The highest BCUT2D eigenvalue weighted by molar-refractivity contribution is 5.98. The molecule has 2 aliphatic heterocycles. The Morgan fingerprint density at radius 1 is 1.25 bits per heavy atom. The zero-order chi connectivity index (χ0) is 23.0. The fourth-order valence-corrected chi connectivity index (χ4v) is 4.49. The normalized spacial score (nSPS) is 18.7. The summed E-state index contributed by atoms with van der Waals surface area (Å²) in [5.41, 5.74) is 9.34. The molecule has 2 aromatic carbocycles. The van der Waals surface area contributed by atoms with E-state index in [9.17, 15) is 9.59 Å². The SMILES string of the molecule is CCc1c(C(N)=O)ccc(N2CCN(Cc3cc(C)c4c(c3)NC(=O)C(C)O4)CC2)c1F. The Labute approximate surface area is 187 Å². The Hall–Kier alpha value is -3.13. The van der Waals surface area contributed by atoms with Gasteiger partial charge in [0.15, 0.2) is 6.10 Å². The standard InChI is InChI=1S/C24H29FN4O3/c1-4-17-18(23(26)30)5-6-20(21(17)25)29-9-7-28(8-10-29)13-16-11-14(2)22-19(12-16)27-24(31)15(3)32-22/h5-6,11-12,15H,4,7-10,13H2,1-3H3,(H2,26,30)(H,27,31). The quantitative estimate of drug-likeness (QED) is 0.747. The zero-order valence-electron chi connectivity index (χ0n) is 18.7. The van der Waals surface area contributed by atoms with Gasteiger partial charge in [0.1, 0.15) is 11.6 Å². The molecule has 1 unspecified atom stereocenters. The monoisotopic (exact) mass is 440 g/mol. The van der Waals surface area contributed by atoms with E-state index in [1.54, 1.807) is 19.1 Å². The molecule has 7 nitrogen and oxygen atoms in total. The molecule has 0 spiro atoms. The molecule has 3 N–H and O–H groups in total. The van der Waals surface area contributed by atoms with E-state index in [4.69, 9.17) is 10.5 Å². The van der Waals surface area contributed by atoms with Gasteiger partial charge in [-0.3, -0.25) is 14.5 Å². The van der Waals surface area contributed by atoms with Gasteiger partial charge in [-0.25, -0.2) is 4.39 Å². The highest BCUT2D eigenvalue weighted by Crippen LogP contribution is 2.35. The average Bonchev–Trinajstić information content (AvgIpc) is 2.75. The third kappa shape index (κ3) is 4.14. The lowest BCUT2D eigenvalue weighted by atomic mass is 10.0. The molecule has 1 saturated heterocycles. The zero-order valence-corrected chi connectivity index (χ0v) is 18.7. The summed E-state index contributed by atoms with van der Waals surface area (Å²) in [6.07, 6.45) is -0.0833. The molecule has 0 bridgehead atoms. The van der Waals surface area contributed by atoms with Crippen LogP contribution in [0.3, 0.4) is 0 Å². The summed E-state index contributed by atoms with van der Waals surface area (Å²) in [7, 11) is 0. The molecular formula is C24H29FN4O3. The number of piperazine rings is 1. The second-order valence-electron chi connectivity index (χ2n) is 8.44. The number of amides is 2. The van der Waals surface area contributed by atoms with Crippen LogP contribution in [-0.2, 0) is 17.8 Å². The second-order valence-corrected chi connectivity index (χ2v) is 8.44. The molecule has 0 radical (unpaired) electrons. The number of halogens is 1. The number of anilines is 2. The van der Waals surface area contributed by atoms with Gasteiger partial charge in [0.05, 0.1) is 11.4 Å². The van der Waals surface area contributed by atoms with Crippen LogP contribution in [0.4, 0.5) is 15.8 Å². The van der Waals surface area contributed by atoms with Gasteiger partial charge in [0.25, 0.3) is 5.91 Å². The van der Waals surface area contributed by atoms with Crippen LogP contribution in [0.15, 0.2) is 24.3 Å². The minimum atomic E-state index is -0.603. The van der Waals surface area contributed by atoms with Crippen molar-refractivity contribution >= 4 is 23.2 Å². The number of hydrogen-bond acceptors (Lipinski definition) is 5. The minimum Gasteiger partial charge on any atom is -0.478 e. The number of nitrogens with two attached hydrogens (primary N) is 1. The number of fused-ring (bicyclic) bond motifs is 1. The van der Waals surface area contributed by atoms with E-state index in [0.717, 1.165) is 36.5 Å². The van der Waals surface area contributed by atoms with Crippen molar-refractivity contribution in [2.75, 3.05) is 36.4 Å². The number of nitrogens with one attached hydrogen (secondary N) is 1. The number of nitrogens with zero attached hydrogens (tertiary/aromatic N) is 2. The number of aryl methyl sites for hydroxylation is 1. The molecule has 0 aliphatic carbocycles. The molecular weight excluding hydrogens is 411 g/mol. The van der Waals surface area contributed by atoms with Crippen LogP contribution in [-0.4, -0.2) is 49.0 Å². The summed E-state index contributed by atoms with van der Waals surface area (Å²) in [5, 5.41) is 2.92. The van der Waals surface area contributed by atoms with Crippen LogP contribution in [0.2, 0.25) is 0 Å². The van der Waals surface area contributed by atoms with Gasteiger partial charge < -0.3 is 20.7 Å². The van der Waals surface area contributed by atoms with Gasteiger partial charge in [-0.05, 0) is 49.6 Å². The third-order valence-electron chi connectivity index (χ3n) is 6.22. The van der Waals surface area contributed by atoms with Crippen molar-refractivity contribution in [3.8, 4) is 5.75 Å². The molecule has 4 rings (SSSR count). The Morgan fingerprint density at radius 2 is 1.97 bits per heavy atom. The van der Waals surface area contributed by atoms with Crippen LogP contribution in [0.1, 0.15) is 40.9 Å². The van der Waals surface area contributed by atoms with Crippen molar-refractivity contribution in [2.24, 2.45) is 5.73 Å². The fraction of sp³-hybridized carbons (Fsp3) is 0.417. The third-order valence-corrected chi connectivity index (χ3v) is 6.22. The number of rotatable bonds is 5. The van der Waals surface area contributed by atoms with E-state index < -0.39 is 12.0 Å². The van der Waals surface area contributed by atoms with Crippen molar-refractivity contribution in [1.29, 1.82) is 0 Å². The summed E-state index contributed by atoms with van der Waals surface area (Å²) in [6.45, 7) is 9.17. The van der Waals surface area contributed by atoms with Gasteiger partial charge in [-0.2, -0.15) is 0 Å². The predicted octanol–water partition coefficient (Wildman–Crippen LogP) is 2.84. The summed E-state index contributed by atoms with van der Waals surface area (Å²) in [5.74, 6) is -0.369.